The molecule has 0 bridgehead atoms. The normalized spacial score (nSPS) is 15.1. The maximum Gasteiger partial charge on any atom is 0.217 e. The summed E-state index contributed by atoms with van der Waals surface area (Å²) >= 11 is 0. The minimum absolute atomic E-state index is 0.244. The van der Waals surface area contributed by atoms with Gasteiger partial charge in [-0.3, -0.25) is 14.4 Å². The summed E-state index contributed by atoms with van der Waals surface area (Å²) in [5.41, 5.74) is 0. The molecule has 0 aromatic carbocycles. The Bertz CT molecular complexity index is 526. The zero-order valence-corrected chi connectivity index (χ0v) is 19.9. The first-order chi connectivity index (χ1) is 15.2. The third-order valence-electron chi connectivity index (χ3n) is 5.66. The predicted octanol–water partition coefficient (Wildman–Crippen LogP) is 2.19. The molecule has 0 radical (unpaired) electrons. The Kier molecular flexibility index (Phi) is 18.3. The van der Waals surface area contributed by atoms with Crippen LogP contribution in [0, 0.1) is 0 Å². The van der Waals surface area contributed by atoms with Gasteiger partial charge in [-0.15, -0.1) is 0 Å². The molecule has 5 N–H and O–H groups in total. The van der Waals surface area contributed by atoms with E-state index in [2.05, 4.69) is 12.2 Å². The Morgan fingerprint density at radius 3 is 1.66 bits per heavy atom. The van der Waals surface area contributed by atoms with Gasteiger partial charge in [0.2, 0.25) is 5.91 Å². The number of aliphatic hydroxyl groups is 4. The number of hydrogen-bond donors (Lipinski definition) is 5. The largest absolute Gasteiger partial charge is 0.394 e. The number of ketones is 2. The van der Waals surface area contributed by atoms with Gasteiger partial charge in [0.15, 0.2) is 5.78 Å². The number of carbonyl (C=O) groups excluding carboxylic acids is 3. The fourth-order valence-electron chi connectivity index (χ4n) is 3.66. The van der Waals surface area contributed by atoms with Crippen molar-refractivity contribution in [1.82, 2.24) is 5.32 Å². The van der Waals surface area contributed by atoms with Crippen molar-refractivity contribution in [3.8, 4) is 0 Å². The van der Waals surface area contributed by atoms with Crippen molar-refractivity contribution in [3.63, 3.8) is 0 Å². The SMILES string of the molecule is CCCCCCCCCCCCCCC(=O)CC(=O)[C@H](NC(C)=O)[C@@H](O)[C@H](O)[C@H](O)CO. The van der Waals surface area contributed by atoms with Gasteiger partial charge in [-0.25, -0.2) is 0 Å². The van der Waals surface area contributed by atoms with E-state index in [0.29, 0.717) is 6.42 Å². The van der Waals surface area contributed by atoms with Crippen LogP contribution in [-0.4, -0.2) is 68.9 Å². The van der Waals surface area contributed by atoms with E-state index in [4.69, 9.17) is 5.11 Å². The smallest absolute Gasteiger partial charge is 0.217 e. The summed E-state index contributed by atoms with van der Waals surface area (Å²) in [5.74, 6) is -1.65. The second-order valence-corrected chi connectivity index (χ2v) is 8.73. The highest BCUT2D eigenvalue weighted by atomic mass is 16.4. The highest BCUT2D eigenvalue weighted by Gasteiger charge is 2.36. The molecule has 0 aromatic rings. The summed E-state index contributed by atoms with van der Waals surface area (Å²) < 4.78 is 0. The fraction of sp³-hybridized carbons (Fsp3) is 0.875. The van der Waals surface area contributed by atoms with Crippen LogP contribution in [-0.2, 0) is 14.4 Å². The molecule has 32 heavy (non-hydrogen) atoms. The lowest BCUT2D eigenvalue weighted by atomic mass is 9.94. The molecule has 8 nitrogen and oxygen atoms in total. The van der Waals surface area contributed by atoms with Crippen molar-refractivity contribution in [2.24, 2.45) is 0 Å². The number of aliphatic hydroxyl groups excluding tert-OH is 4. The van der Waals surface area contributed by atoms with E-state index in [1.165, 1.54) is 51.4 Å². The average Bonchev–Trinajstić information content (AvgIpc) is 2.76. The van der Waals surface area contributed by atoms with Gasteiger partial charge in [0.1, 0.15) is 30.1 Å². The average molecular weight is 460 g/mol. The van der Waals surface area contributed by atoms with Crippen LogP contribution in [0.2, 0.25) is 0 Å². The molecule has 0 saturated heterocycles. The molecule has 188 valence electrons. The van der Waals surface area contributed by atoms with Gasteiger partial charge in [0.05, 0.1) is 13.0 Å². The van der Waals surface area contributed by atoms with Gasteiger partial charge in [-0.2, -0.15) is 0 Å². The van der Waals surface area contributed by atoms with Gasteiger partial charge in [-0.1, -0.05) is 77.6 Å². The summed E-state index contributed by atoms with van der Waals surface area (Å²) in [5, 5.41) is 40.5. The first kappa shape index (κ1) is 30.6. The minimum Gasteiger partial charge on any atom is -0.394 e. The predicted molar refractivity (Wildman–Crippen MR) is 123 cm³/mol. The molecule has 0 heterocycles. The molecule has 0 saturated carbocycles. The molecule has 0 aromatic heterocycles. The summed E-state index contributed by atoms with van der Waals surface area (Å²) in [6.45, 7) is 2.53. The van der Waals surface area contributed by atoms with Crippen LogP contribution >= 0.6 is 0 Å². The van der Waals surface area contributed by atoms with Crippen LogP contribution < -0.4 is 5.32 Å². The van der Waals surface area contributed by atoms with E-state index in [1.54, 1.807) is 0 Å². The van der Waals surface area contributed by atoms with Crippen molar-refractivity contribution in [2.45, 2.75) is 128 Å². The number of carbonyl (C=O) groups is 3. The lowest BCUT2D eigenvalue weighted by molar-refractivity contribution is -0.138. The molecule has 0 aliphatic heterocycles. The lowest BCUT2D eigenvalue weighted by Gasteiger charge is -2.28. The van der Waals surface area contributed by atoms with Crippen LogP contribution in [0.1, 0.15) is 104 Å². The molecule has 0 aliphatic carbocycles. The second kappa shape index (κ2) is 19.1. The van der Waals surface area contributed by atoms with Crippen LogP contribution in [0.5, 0.6) is 0 Å². The van der Waals surface area contributed by atoms with Gasteiger partial charge in [0, 0.05) is 13.3 Å². The molecule has 4 atom stereocenters. The highest BCUT2D eigenvalue weighted by molar-refractivity contribution is 6.02. The number of rotatable bonds is 21. The van der Waals surface area contributed by atoms with Crippen molar-refractivity contribution in [3.05, 3.63) is 0 Å². The Labute approximate surface area is 192 Å². The minimum atomic E-state index is -1.84. The highest BCUT2D eigenvalue weighted by Crippen LogP contribution is 2.14. The molecule has 8 heteroatoms. The standard InChI is InChI=1S/C24H45NO7/c1-3-4-5-6-7-8-9-10-11-12-13-14-15-19(28)16-20(29)22(25-18(2)27)24(32)23(31)21(30)17-26/h21-24,26,30-32H,3-17H2,1-2H3,(H,25,27)/t21-,22+,23-,24-/m1/s1. The summed E-state index contributed by atoms with van der Waals surface area (Å²) in [4.78, 5) is 35.9. The molecule has 0 rings (SSSR count). The van der Waals surface area contributed by atoms with Crippen molar-refractivity contribution in [1.29, 1.82) is 0 Å². The number of hydrogen-bond acceptors (Lipinski definition) is 7. The number of amides is 1. The quantitative estimate of drug-likeness (QED) is 0.131. The third-order valence-corrected chi connectivity index (χ3v) is 5.66. The monoisotopic (exact) mass is 459 g/mol. The van der Waals surface area contributed by atoms with Crippen molar-refractivity contribution < 1.29 is 34.8 Å². The van der Waals surface area contributed by atoms with E-state index in [0.717, 1.165) is 26.2 Å². The first-order valence-electron chi connectivity index (χ1n) is 12.2. The van der Waals surface area contributed by atoms with Gasteiger partial charge >= 0.3 is 0 Å². The van der Waals surface area contributed by atoms with Gasteiger partial charge < -0.3 is 25.7 Å². The molecule has 0 aliphatic rings. The molecule has 0 spiro atoms. The Morgan fingerprint density at radius 2 is 1.22 bits per heavy atom. The number of Topliss-reactive ketones (excluding diaryl/α,β-unsaturated/α-hetero) is 2. The van der Waals surface area contributed by atoms with E-state index >= 15 is 0 Å². The van der Waals surface area contributed by atoms with E-state index in [-0.39, 0.29) is 12.2 Å². The number of unbranched alkanes of at least 4 members (excludes halogenated alkanes) is 11. The van der Waals surface area contributed by atoms with Gasteiger partial charge in [0.25, 0.3) is 0 Å². The zero-order chi connectivity index (χ0) is 24.4. The Hall–Kier alpha value is -1.35. The molecule has 0 unspecified atom stereocenters. The van der Waals surface area contributed by atoms with Crippen LogP contribution in [0.25, 0.3) is 0 Å². The maximum absolute atomic E-state index is 12.4. The van der Waals surface area contributed by atoms with Crippen LogP contribution in [0.15, 0.2) is 0 Å². The van der Waals surface area contributed by atoms with E-state index < -0.39 is 49.1 Å². The zero-order valence-electron chi connectivity index (χ0n) is 19.9. The van der Waals surface area contributed by atoms with Crippen LogP contribution in [0.4, 0.5) is 0 Å². The summed E-state index contributed by atoms with van der Waals surface area (Å²) in [6.07, 6.45) is 8.53. The van der Waals surface area contributed by atoms with Crippen LogP contribution in [0.3, 0.4) is 0 Å². The summed E-state index contributed by atoms with van der Waals surface area (Å²) in [7, 11) is 0. The Morgan fingerprint density at radius 1 is 0.750 bits per heavy atom. The fourth-order valence-corrected chi connectivity index (χ4v) is 3.66. The summed E-state index contributed by atoms with van der Waals surface area (Å²) in [6, 6.07) is -1.53. The topological polar surface area (TPSA) is 144 Å². The Balaban J connectivity index is 4.13. The molecule has 0 fully saturated rings. The lowest BCUT2D eigenvalue weighted by Crippen LogP contribution is -2.56. The van der Waals surface area contributed by atoms with Crippen molar-refractivity contribution >= 4 is 17.5 Å². The van der Waals surface area contributed by atoms with E-state index in [9.17, 15) is 29.7 Å². The first-order valence-corrected chi connectivity index (χ1v) is 12.2. The van der Waals surface area contributed by atoms with Gasteiger partial charge in [-0.05, 0) is 6.42 Å². The number of nitrogens with one attached hydrogen (secondary N) is 1. The molecular formula is C24H45NO7. The van der Waals surface area contributed by atoms with E-state index in [1.807, 2.05) is 0 Å². The second-order valence-electron chi connectivity index (χ2n) is 8.73. The molecular weight excluding hydrogens is 414 g/mol. The van der Waals surface area contributed by atoms with Crippen molar-refractivity contribution in [2.75, 3.05) is 6.61 Å². The molecule has 1 amide bonds. The third kappa shape index (κ3) is 14.7. The maximum atomic E-state index is 12.4.